The van der Waals surface area contributed by atoms with Crippen LogP contribution in [0.5, 0.6) is 0 Å². The van der Waals surface area contributed by atoms with Crippen LogP contribution in [-0.2, 0) is 20.7 Å². The van der Waals surface area contributed by atoms with Gasteiger partial charge in [0.2, 0.25) is 0 Å². The van der Waals surface area contributed by atoms with Gasteiger partial charge in [-0.1, -0.05) is 49.4 Å². The second kappa shape index (κ2) is 9.44. The highest BCUT2D eigenvalue weighted by atomic mass is 32.1. The average molecular weight is 592 g/mol. The van der Waals surface area contributed by atoms with E-state index in [9.17, 15) is 15.0 Å². The van der Waals surface area contributed by atoms with E-state index in [1.54, 1.807) is 11.3 Å². The van der Waals surface area contributed by atoms with Crippen LogP contribution in [-0.4, -0.2) is 46.1 Å². The number of nitrogens with two attached hydrogens (primary N) is 1. The Morgan fingerprint density at radius 1 is 1.24 bits per heavy atom. The van der Waals surface area contributed by atoms with E-state index in [2.05, 4.69) is 6.58 Å². The molecule has 4 N–H and O–H groups in total. The number of aliphatic hydroxyl groups excluding tert-OH is 2. The van der Waals surface area contributed by atoms with Crippen LogP contribution in [0.15, 0.2) is 72.4 Å². The molecule has 6 nitrogen and oxygen atoms in total. The lowest BCUT2D eigenvalue weighted by atomic mass is 9.44. The van der Waals surface area contributed by atoms with Crippen molar-refractivity contribution < 1.29 is 28.9 Å². The molecule has 4 aliphatic carbocycles. The summed E-state index contributed by atoms with van der Waals surface area (Å²) in [4.78, 5) is 15.7. The van der Waals surface area contributed by atoms with Crippen molar-refractivity contribution in [2.24, 2.45) is 22.7 Å². The van der Waals surface area contributed by atoms with Gasteiger partial charge in [0.05, 0.1) is 17.1 Å². The molecular formula is C34H38FNO5S. The number of hydrogen-bond acceptors (Lipinski definition) is 7. The predicted octanol–water partition coefficient (Wildman–Crippen LogP) is 5.60. The van der Waals surface area contributed by atoms with Crippen molar-refractivity contribution in [1.82, 2.24) is 0 Å². The number of carbonyl (C=O) groups excluding carboxylic acids is 1. The van der Waals surface area contributed by atoms with E-state index in [1.165, 1.54) is 0 Å². The number of ether oxygens (including phenoxy) is 2. The Balaban J connectivity index is 1.21. The van der Waals surface area contributed by atoms with Crippen molar-refractivity contribution in [3.63, 3.8) is 0 Å². The molecule has 2 aromatic rings. The molecule has 0 bridgehead atoms. The zero-order chi connectivity index (χ0) is 29.7. The molecular weight excluding hydrogens is 553 g/mol. The van der Waals surface area contributed by atoms with Crippen molar-refractivity contribution in [3.8, 4) is 0 Å². The maximum atomic E-state index is 17.6. The Kier molecular flexibility index (Phi) is 6.33. The Bertz CT molecular complexity index is 1530. The van der Waals surface area contributed by atoms with Gasteiger partial charge >= 0.3 is 0 Å². The third kappa shape index (κ3) is 3.59. The summed E-state index contributed by atoms with van der Waals surface area (Å²) in [6.07, 6.45) is 5.30. The number of allylic oxidation sites excluding steroid dienone is 5. The molecule has 3 saturated carbocycles. The molecule has 4 fully saturated rings. The number of hydrogen-bond donors (Lipinski definition) is 3. The summed E-state index contributed by atoms with van der Waals surface area (Å²) in [5, 5.41) is 21.9. The minimum Gasteiger partial charge on any atom is -0.399 e. The van der Waals surface area contributed by atoms with Gasteiger partial charge in [-0.2, -0.15) is 0 Å². The Hall–Kier alpha value is -2.62. The third-order valence-corrected chi connectivity index (χ3v) is 12.4. The number of aliphatic hydroxyl groups is 2. The number of thiophene rings is 1. The molecule has 1 aliphatic heterocycles. The van der Waals surface area contributed by atoms with E-state index in [0.717, 1.165) is 26.5 Å². The first-order valence-electron chi connectivity index (χ1n) is 14.8. The standard InChI is InChI=1S/C34H38FNO5S/c1-19-11-12-31(2)21(13-19)7-9-24-25-16-29-34(28(39)18-37,32(25,3)17-27(38)33(24,31)35)41-30(40-29)26-10-8-23(42-26)15-20-5-4-6-22(36)14-20/h4-6,8,10-14,24-25,27,29-30,37-38H,1,7,9,15-18,36H2,2-3H3/t24-,25-,27-,29+,30-,31-,32-,33-,34+/m0/s1. The SMILES string of the molecule is C=C1C=C[C@@]2(C)C(=C1)CC[C@H]1[C@@H]3C[C@H]4O[C@H](c5ccc(Cc6cccc(N)c6)s5)O[C@@]4(C(=O)CO)[C@@]3(C)C[C@H](O)[C@@]12F. The lowest BCUT2D eigenvalue weighted by Gasteiger charge is -2.62. The van der Waals surface area contributed by atoms with E-state index >= 15 is 4.39 Å². The van der Waals surface area contributed by atoms with Crippen LogP contribution in [0.4, 0.5) is 10.1 Å². The minimum atomic E-state index is -1.91. The summed E-state index contributed by atoms with van der Waals surface area (Å²) >= 11 is 1.55. The minimum absolute atomic E-state index is 0.0335. The van der Waals surface area contributed by atoms with E-state index in [1.807, 2.05) is 68.5 Å². The van der Waals surface area contributed by atoms with Crippen LogP contribution in [0.25, 0.3) is 0 Å². The number of ketones is 1. The van der Waals surface area contributed by atoms with Crippen molar-refractivity contribution >= 4 is 22.8 Å². The largest absolute Gasteiger partial charge is 0.399 e. The van der Waals surface area contributed by atoms with Gasteiger partial charge in [0.1, 0.15) is 6.61 Å². The summed E-state index contributed by atoms with van der Waals surface area (Å²) in [5.41, 5.74) is 4.26. The maximum Gasteiger partial charge on any atom is 0.194 e. The molecule has 1 aromatic heterocycles. The number of rotatable bonds is 5. The van der Waals surface area contributed by atoms with Crippen molar-refractivity contribution in [1.29, 1.82) is 0 Å². The number of fused-ring (bicyclic) bond motifs is 7. The molecule has 0 spiro atoms. The fourth-order valence-electron chi connectivity index (χ4n) is 9.30. The number of Topliss-reactive ketones (excluding diaryl/α,β-unsaturated/α-hetero) is 1. The van der Waals surface area contributed by atoms with Gasteiger partial charge in [-0.25, -0.2) is 4.39 Å². The zero-order valence-corrected chi connectivity index (χ0v) is 24.8. The maximum absolute atomic E-state index is 17.6. The fourth-order valence-corrected chi connectivity index (χ4v) is 10.3. The molecule has 1 aromatic carbocycles. The molecule has 7 rings (SSSR count). The van der Waals surface area contributed by atoms with Crippen molar-refractivity contribution in [3.05, 3.63) is 87.7 Å². The number of carbonyl (C=O) groups is 1. The summed E-state index contributed by atoms with van der Waals surface area (Å²) in [6.45, 7) is 7.14. The fraction of sp³-hybridized carbons (Fsp3) is 0.500. The molecule has 9 atom stereocenters. The van der Waals surface area contributed by atoms with Crippen molar-refractivity contribution in [2.75, 3.05) is 12.3 Å². The van der Waals surface area contributed by atoms with Crippen LogP contribution in [0.1, 0.15) is 61.1 Å². The molecule has 2 heterocycles. The Morgan fingerprint density at radius 2 is 2.05 bits per heavy atom. The number of halogens is 1. The van der Waals surface area contributed by atoms with Gasteiger partial charge in [0.25, 0.3) is 0 Å². The number of alkyl halides is 1. The van der Waals surface area contributed by atoms with Crippen LogP contribution in [0.3, 0.4) is 0 Å². The summed E-state index contributed by atoms with van der Waals surface area (Å²) in [6, 6.07) is 11.7. The van der Waals surface area contributed by atoms with Gasteiger partial charge in [0.15, 0.2) is 23.3 Å². The molecule has 0 amide bonds. The first kappa shape index (κ1) is 28.2. The quantitative estimate of drug-likeness (QED) is 0.391. The van der Waals surface area contributed by atoms with E-state index in [-0.39, 0.29) is 12.3 Å². The Labute approximate surface area is 249 Å². The van der Waals surface area contributed by atoms with Gasteiger partial charge in [-0.05, 0) is 73.9 Å². The number of benzene rings is 1. The summed E-state index contributed by atoms with van der Waals surface area (Å²) in [5.74, 6) is -1.24. The van der Waals surface area contributed by atoms with E-state index in [0.29, 0.717) is 31.4 Å². The highest BCUT2D eigenvalue weighted by Gasteiger charge is 2.79. The van der Waals surface area contributed by atoms with E-state index < -0.39 is 58.9 Å². The first-order chi connectivity index (χ1) is 20.0. The normalized spacial score (nSPS) is 42.0. The molecule has 0 radical (unpaired) electrons. The smallest absolute Gasteiger partial charge is 0.194 e. The second-order valence-corrected chi connectivity index (χ2v) is 14.5. The van der Waals surface area contributed by atoms with Crippen molar-refractivity contribution in [2.45, 2.75) is 75.7 Å². The van der Waals surface area contributed by atoms with Crippen LogP contribution < -0.4 is 5.73 Å². The number of nitrogen functional groups attached to an aromatic ring is 1. The van der Waals surface area contributed by atoms with Crippen LogP contribution >= 0.6 is 11.3 Å². The molecule has 0 unspecified atom stereocenters. The van der Waals surface area contributed by atoms with Gasteiger partial charge in [-0.3, -0.25) is 4.79 Å². The number of anilines is 1. The molecule has 42 heavy (non-hydrogen) atoms. The first-order valence-corrected chi connectivity index (χ1v) is 15.6. The van der Waals surface area contributed by atoms with Gasteiger partial charge in [0, 0.05) is 33.7 Å². The Morgan fingerprint density at radius 3 is 2.81 bits per heavy atom. The topological polar surface area (TPSA) is 102 Å². The summed E-state index contributed by atoms with van der Waals surface area (Å²) in [7, 11) is 0. The molecule has 8 heteroatoms. The predicted molar refractivity (Wildman–Crippen MR) is 159 cm³/mol. The average Bonchev–Trinajstić information content (AvgIpc) is 3.63. The zero-order valence-electron chi connectivity index (χ0n) is 24.0. The second-order valence-electron chi connectivity index (χ2n) is 13.3. The van der Waals surface area contributed by atoms with Gasteiger partial charge < -0.3 is 25.4 Å². The highest BCUT2D eigenvalue weighted by Crippen LogP contribution is 2.72. The summed E-state index contributed by atoms with van der Waals surface area (Å²) < 4.78 is 30.8. The molecule has 222 valence electrons. The lowest BCUT2D eigenvalue weighted by Crippen LogP contribution is -2.69. The monoisotopic (exact) mass is 591 g/mol. The molecule has 1 saturated heterocycles. The van der Waals surface area contributed by atoms with E-state index in [4.69, 9.17) is 15.2 Å². The third-order valence-electron chi connectivity index (χ3n) is 11.3. The highest BCUT2D eigenvalue weighted by molar-refractivity contribution is 7.12. The lowest BCUT2D eigenvalue weighted by molar-refractivity contribution is -0.231. The van der Waals surface area contributed by atoms with Gasteiger partial charge in [-0.15, -0.1) is 11.3 Å². The molecule has 5 aliphatic rings. The van der Waals surface area contributed by atoms with Crippen LogP contribution in [0, 0.1) is 22.7 Å². The van der Waals surface area contributed by atoms with Crippen LogP contribution in [0.2, 0.25) is 0 Å².